The van der Waals surface area contributed by atoms with Gasteiger partial charge < -0.3 is 5.73 Å². The molecule has 3 heterocycles. The van der Waals surface area contributed by atoms with Crippen LogP contribution in [0.3, 0.4) is 0 Å². The Balaban J connectivity index is 1.61. The quantitative estimate of drug-likeness (QED) is 0.392. The molecule has 0 saturated heterocycles. The first kappa shape index (κ1) is 19.2. The Bertz CT molecular complexity index is 1220. The first-order chi connectivity index (χ1) is 14.7. The molecule has 30 heavy (non-hydrogen) atoms. The maximum atomic E-state index is 13.8. The van der Waals surface area contributed by atoms with E-state index in [2.05, 4.69) is 6.92 Å². The number of amides is 1. The molecule has 1 amide bonds. The van der Waals surface area contributed by atoms with E-state index in [0.29, 0.717) is 10.6 Å². The number of rotatable bonds is 4. The number of aromatic nitrogens is 1. The van der Waals surface area contributed by atoms with Crippen molar-refractivity contribution in [2.45, 2.75) is 36.0 Å². The molecule has 2 aromatic carbocycles. The van der Waals surface area contributed by atoms with E-state index in [1.807, 2.05) is 60.7 Å². The van der Waals surface area contributed by atoms with Gasteiger partial charge in [-0.05, 0) is 49.2 Å². The summed E-state index contributed by atoms with van der Waals surface area (Å²) in [6.07, 6.45) is 3.17. The van der Waals surface area contributed by atoms with E-state index in [0.717, 1.165) is 56.3 Å². The normalized spacial score (nSPS) is 12.6. The zero-order valence-corrected chi connectivity index (χ0v) is 18.2. The second-order valence-electron chi connectivity index (χ2n) is 7.28. The third kappa shape index (κ3) is 3.16. The molecule has 4 nitrogen and oxygen atoms in total. The molecule has 0 bridgehead atoms. The van der Waals surface area contributed by atoms with Gasteiger partial charge in [0.15, 0.2) is 0 Å². The number of carbonyl (C=O) groups is 1. The highest BCUT2D eigenvalue weighted by molar-refractivity contribution is 7.99. The Morgan fingerprint density at radius 3 is 2.33 bits per heavy atom. The summed E-state index contributed by atoms with van der Waals surface area (Å²) in [6, 6.07) is 20.0. The minimum atomic E-state index is -0.106. The van der Waals surface area contributed by atoms with E-state index in [9.17, 15) is 4.79 Å². The molecule has 0 saturated carbocycles. The van der Waals surface area contributed by atoms with Crippen molar-refractivity contribution in [3.63, 3.8) is 0 Å². The van der Waals surface area contributed by atoms with Crippen LogP contribution >= 0.6 is 23.1 Å². The fourth-order valence-corrected chi connectivity index (χ4v) is 5.82. The van der Waals surface area contributed by atoms with Crippen LogP contribution in [0.2, 0.25) is 0 Å². The van der Waals surface area contributed by atoms with Gasteiger partial charge in [0, 0.05) is 20.9 Å². The highest BCUT2D eigenvalue weighted by atomic mass is 32.2. The minimum Gasteiger partial charge on any atom is -0.397 e. The van der Waals surface area contributed by atoms with Gasteiger partial charge in [0.25, 0.3) is 5.91 Å². The fraction of sp³-hybridized carbons (Fsp3) is 0.167. The average molecular weight is 432 g/mol. The molecule has 2 aromatic heterocycles. The van der Waals surface area contributed by atoms with E-state index in [1.54, 1.807) is 16.7 Å². The summed E-state index contributed by atoms with van der Waals surface area (Å²) in [4.78, 5) is 23.9. The number of aryl methyl sites for hydroxylation is 1. The molecule has 6 heteroatoms. The van der Waals surface area contributed by atoms with Crippen molar-refractivity contribution in [3.8, 4) is 0 Å². The summed E-state index contributed by atoms with van der Waals surface area (Å²) in [7, 11) is 0. The van der Waals surface area contributed by atoms with Crippen molar-refractivity contribution < 1.29 is 4.79 Å². The molecule has 1 aliphatic heterocycles. The van der Waals surface area contributed by atoms with Gasteiger partial charge in [-0.25, -0.2) is 4.98 Å². The number of para-hydroxylation sites is 2. The van der Waals surface area contributed by atoms with E-state index < -0.39 is 0 Å². The predicted molar refractivity (Wildman–Crippen MR) is 126 cm³/mol. The highest BCUT2D eigenvalue weighted by Gasteiger charge is 2.31. The number of carbonyl (C=O) groups excluding carboxylic acids is 1. The summed E-state index contributed by atoms with van der Waals surface area (Å²) in [5.74, 6) is -0.106. The maximum absolute atomic E-state index is 13.8. The summed E-state index contributed by atoms with van der Waals surface area (Å²) < 4.78 is 0. The van der Waals surface area contributed by atoms with Crippen LogP contribution < -0.4 is 10.6 Å². The lowest BCUT2D eigenvalue weighted by molar-refractivity contribution is 0.100. The molecule has 0 spiro atoms. The molecule has 4 aromatic rings. The number of nitrogens with two attached hydrogens (primary N) is 1. The average Bonchev–Trinajstić information content (AvgIpc) is 3.11. The van der Waals surface area contributed by atoms with Crippen molar-refractivity contribution in [1.82, 2.24) is 4.98 Å². The fourth-order valence-electron chi connectivity index (χ4n) is 3.72. The van der Waals surface area contributed by atoms with Gasteiger partial charge in [-0.3, -0.25) is 9.69 Å². The lowest BCUT2D eigenvalue weighted by atomic mass is 10.1. The highest BCUT2D eigenvalue weighted by Crippen LogP contribution is 2.49. The molecule has 150 valence electrons. The van der Waals surface area contributed by atoms with Crippen LogP contribution in [-0.4, -0.2) is 10.9 Å². The Labute approximate surface area is 183 Å². The molecule has 0 unspecified atom stereocenters. The van der Waals surface area contributed by atoms with Crippen LogP contribution in [0.1, 0.15) is 35.1 Å². The number of nitrogens with zero attached hydrogens (tertiary/aromatic N) is 2. The van der Waals surface area contributed by atoms with Gasteiger partial charge >= 0.3 is 0 Å². The van der Waals surface area contributed by atoms with Crippen molar-refractivity contribution in [2.75, 3.05) is 10.6 Å². The minimum absolute atomic E-state index is 0.106. The monoisotopic (exact) mass is 431 g/mol. The number of anilines is 3. The van der Waals surface area contributed by atoms with Crippen LogP contribution in [-0.2, 0) is 6.42 Å². The molecule has 0 atom stereocenters. The van der Waals surface area contributed by atoms with Gasteiger partial charge in [0.1, 0.15) is 9.71 Å². The van der Waals surface area contributed by atoms with Gasteiger partial charge in [0.2, 0.25) is 0 Å². The van der Waals surface area contributed by atoms with Crippen LogP contribution in [0.25, 0.3) is 10.2 Å². The Morgan fingerprint density at radius 2 is 1.67 bits per heavy atom. The van der Waals surface area contributed by atoms with Gasteiger partial charge in [-0.1, -0.05) is 49.4 Å². The Morgan fingerprint density at radius 1 is 1.00 bits per heavy atom. The summed E-state index contributed by atoms with van der Waals surface area (Å²) in [5, 5.41) is 0.858. The number of benzene rings is 2. The smallest absolute Gasteiger partial charge is 0.275 e. The van der Waals surface area contributed by atoms with Crippen LogP contribution in [0.5, 0.6) is 0 Å². The Kier molecular flexibility index (Phi) is 4.97. The van der Waals surface area contributed by atoms with Crippen LogP contribution in [0.15, 0.2) is 70.5 Å². The topological polar surface area (TPSA) is 59.2 Å². The number of hydrogen-bond donors (Lipinski definition) is 1. The first-order valence-corrected chi connectivity index (χ1v) is 11.7. The number of nitrogen functional groups attached to an aromatic ring is 1. The van der Waals surface area contributed by atoms with E-state index >= 15 is 0 Å². The summed E-state index contributed by atoms with van der Waals surface area (Å²) in [5.41, 5.74) is 9.80. The van der Waals surface area contributed by atoms with Crippen molar-refractivity contribution in [2.24, 2.45) is 0 Å². The molecule has 0 aliphatic carbocycles. The number of hydrogen-bond acceptors (Lipinski definition) is 5. The summed E-state index contributed by atoms with van der Waals surface area (Å²) >= 11 is 3.07. The first-order valence-electron chi connectivity index (χ1n) is 10.1. The zero-order valence-electron chi connectivity index (χ0n) is 16.6. The van der Waals surface area contributed by atoms with Gasteiger partial charge in [-0.2, -0.15) is 0 Å². The van der Waals surface area contributed by atoms with Crippen LogP contribution in [0.4, 0.5) is 17.1 Å². The predicted octanol–water partition coefficient (Wildman–Crippen LogP) is 6.66. The lowest BCUT2D eigenvalue weighted by Crippen LogP contribution is -2.28. The molecule has 1 aliphatic rings. The largest absolute Gasteiger partial charge is 0.397 e. The van der Waals surface area contributed by atoms with Gasteiger partial charge in [0.05, 0.1) is 17.1 Å². The maximum Gasteiger partial charge on any atom is 0.275 e. The molecule has 5 rings (SSSR count). The second kappa shape index (κ2) is 7.78. The second-order valence-corrected chi connectivity index (χ2v) is 9.36. The zero-order chi connectivity index (χ0) is 20.7. The Hall–Kier alpha value is -2.83. The number of unbranched alkanes of at least 4 members (excludes halogenated alkanes) is 1. The standard InChI is InChI=1S/C24H21N3OS2/c1-2-3-8-15-13-14-16-21(25)22(30-23(16)26-15)24(28)27-17-9-4-6-11-19(17)29-20-12-7-5-10-18(20)27/h4-7,9-14H,2-3,8,25H2,1H3. The molecular formula is C24H21N3OS2. The lowest BCUT2D eigenvalue weighted by Gasteiger charge is -2.30. The van der Waals surface area contributed by atoms with Crippen molar-refractivity contribution in [1.29, 1.82) is 0 Å². The number of pyridine rings is 1. The molecule has 0 fully saturated rings. The molecular weight excluding hydrogens is 410 g/mol. The SMILES string of the molecule is CCCCc1ccc2c(N)c(C(=O)N3c4ccccc4Sc4ccccc43)sc2n1. The number of fused-ring (bicyclic) bond motifs is 3. The van der Waals surface area contributed by atoms with E-state index in [1.165, 1.54) is 11.3 Å². The third-order valence-electron chi connectivity index (χ3n) is 5.27. The van der Waals surface area contributed by atoms with E-state index in [4.69, 9.17) is 10.7 Å². The molecule has 0 radical (unpaired) electrons. The third-order valence-corrected chi connectivity index (χ3v) is 7.50. The van der Waals surface area contributed by atoms with Crippen molar-refractivity contribution >= 4 is 56.3 Å². The van der Waals surface area contributed by atoms with Crippen molar-refractivity contribution in [3.05, 3.63) is 71.2 Å². The molecule has 2 N–H and O–H groups in total. The van der Waals surface area contributed by atoms with Crippen LogP contribution in [0, 0.1) is 0 Å². The summed E-state index contributed by atoms with van der Waals surface area (Å²) in [6.45, 7) is 2.17. The van der Waals surface area contributed by atoms with Gasteiger partial charge in [-0.15, -0.1) is 11.3 Å². The van der Waals surface area contributed by atoms with E-state index in [-0.39, 0.29) is 5.91 Å². The number of thiophene rings is 1.